The van der Waals surface area contributed by atoms with E-state index in [1.807, 2.05) is 24.3 Å². The molecule has 316 valence electrons. The predicted octanol–water partition coefficient (Wildman–Crippen LogP) is 17.4. The van der Waals surface area contributed by atoms with E-state index in [2.05, 4.69) is 198 Å². The lowest BCUT2D eigenvalue weighted by Gasteiger charge is -2.34. The van der Waals surface area contributed by atoms with Gasteiger partial charge in [0.05, 0.1) is 11.0 Å². The van der Waals surface area contributed by atoms with Gasteiger partial charge >= 0.3 is 0 Å². The molecule has 1 heterocycles. The molecule has 0 spiro atoms. The molecule has 62 heavy (non-hydrogen) atoms. The number of para-hydroxylation sites is 2. The maximum absolute atomic E-state index is 6.56. The van der Waals surface area contributed by atoms with Gasteiger partial charge in [0.1, 0.15) is 11.5 Å². The van der Waals surface area contributed by atoms with E-state index < -0.39 is 0 Å². The van der Waals surface area contributed by atoms with Crippen molar-refractivity contribution in [3.05, 3.63) is 204 Å². The Morgan fingerprint density at radius 1 is 0.710 bits per heavy atom. The van der Waals surface area contributed by atoms with E-state index in [9.17, 15) is 0 Å². The molecule has 0 atom stereocenters. The SMILES string of the molecule is C=C/C(=C(\C=C)N(c1ccccc1)c1cc2c3cc(Oc4ccccc4C)ccc3n(-c3ccc(C(=CCCC)c4ccccc4)cc3)c2cc1C)C1CCC1.CCCC(C)C. The normalized spacial score (nSPS) is 13.3. The number of allylic oxidation sites excluding steroid dienone is 4. The van der Waals surface area contributed by atoms with E-state index in [4.69, 9.17) is 4.74 Å². The summed E-state index contributed by atoms with van der Waals surface area (Å²) in [6, 6.07) is 49.9. The average molecular weight is 817 g/mol. The van der Waals surface area contributed by atoms with Crippen LogP contribution in [0.15, 0.2) is 182 Å². The summed E-state index contributed by atoms with van der Waals surface area (Å²) in [5, 5.41) is 2.28. The van der Waals surface area contributed by atoms with Crippen LogP contribution in [0.1, 0.15) is 94.9 Å². The van der Waals surface area contributed by atoms with Crippen molar-refractivity contribution in [2.24, 2.45) is 11.8 Å². The van der Waals surface area contributed by atoms with Gasteiger partial charge < -0.3 is 14.2 Å². The standard InChI is InChI=1S/C53H50N2O.C6H14/c1-6-9-26-46(40-20-12-10-13-21-40)41-28-30-43(31-29-41)55-50-33-32-44(56-53-27-17-16-19-37(53)4)35-47(50)48-36-51(38(5)34-52(48)55)54(42-24-14-11-15-25-42)49(8-3)45(7-2)39-22-18-23-39;1-4-5-6(2)3/h7-8,10-17,19-21,24-36,39H,2-3,6,9,18,22-23H2,1,4-5H3;6H,4-5H2,1-3H3/b46-26?,49-45-;. The highest BCUT2D eigenvalue weighted by Gasteiger charge is 2.27. The molecule has 3 heteroatoms. The topological polar surface area (TPSA) is 17.4 Å². The predicted molar refractivity (Wildman–Crippen MR) is 268 cm³/mol. The van der Waals surface area contributed by atoms with E-state index >= 15 is 0 Å². The van der Waals surface area contributed by atoms with Crippen molar-refractivity contribution < 1.29 is 4.74 Å². The minimum absolute atomic E-state index is 0.487. The molecule has 0 unspecified atom stereocenters. The lowest BCUT2D eigenvalue weighted by Crippen LogP contribution is -2.22. The Morgan fingerprint density at radius 2 is 1.37 bits per heavy atom. The lowest BCUT2D eigenvalue weighted by molar-refractivity contribution is 0.372. The first-order valence-corrected chi connectivity index (χ1v) is 22.8. The van der Waals surface area contributed by atoms with E-state index in [1.54, 1.807) is 0 Å². The van der Waals surface area contributed by atoms with Crippen LogP contribution >= 0.6 is 0 Å². The summed E-state index contributed by atoms with van der Waals surface area (Å²) in [5.41, 5.74) is 13.9. The minimum atomic E-state index is 0.487. The Hall–Kier alpha value is -6.32. The number of anilines is 2. The zero-order chi connectivity index (χ0) is 43.6. The third-order valence-corrected chi connectivity index (χ3v) is 12.2. The Labute approximate surface area is 371 Å². The average Bonchev–Trinajstić information content (AvgIpc) is 3.58. The van der Waals surface area contributed by atoms with Crippen molar-refractivity contribution in [2.45, 2.75) is 86.5 Å². The summed E-state index contributed by atoms with van der Waals surface area (Å²) in [6.45, 7) is 21.9. The molecule has 0 N–H and O–H groups in total. The van der Waals surface area contributed by atoms with Crippen molar-refractivity contribution >= 4 is 38.8 Å². The second kappa shape index (κ2) is 20.5. The highest BCUT2D eigenvalue weighted by molar-refractivity contribution is 6.11. The zero-order valence-corrected chi connectivity index (χ0v) is 37.8. The number of fused-ring (bicyclic) bond motifs is 3. The molecule has 0 bridgehead atoms. The van der Waals surface area contributed by atoms with Gasteiger partial charge in [-0.3, -0.25) is 0 Å². The van der Waals surface area contributed by atoms with Gasteiger partial charge in [0.2, 0.25) is 0 Å². The fourth-order valence-corrected chi connectivity index (χ4v) is 8.72. The summed E-state index contributed by atoms with van der Waals surface area (Å²) < 4.78 is 8.96. The first kappa shape index (κ1) is 43.8. The van der Waals surface area contributed by atoms with Gasteiger partial charge in [-0.25, -0.2) is 0 Å². The minimum Gasteiger partial charge on any atom is -0.457 e. The summed E-state index contributed by atoms with van der Waals surface area (Å²) in [4.78, 5) is 2.39. The van der Waals surface area contributed by atoms with Crippen LogP contribution in [0, 0.1) is 25.7 Å². The smallest absolute Gasteiger partial charge is 0.130 e. The molecule has 6 aromatic carbocycles. The highest BCUT2D eigenvalue weighted by atomic mass is 16.5. The molecular formula is C59H64N2O. The third kappa shape index (κ3) is 9.58. The molecule has 3 nitrogen and oxygen atoms in total. The van der Waals surface area contributed by atoms with Crippen LogP contribution in [0.5, 0.6) is 11.5 Å². The Balaban J connectivity index is 0.000000900. The third-order valence-electron chi connectivity index (χ3n) is 12.2. The van der Waals surface area contributed by atoms with Crippen LogP contribution in [-0.4, -0.2) is 4.57 Å². The van der Waals surface area contributed by atoms with Gasteiger partial charge in [-0.05, 0) is 145 Å². The maximum Gasteiger partial charge on any atom is 0.130 e. The molecule has 0 aliphatic heterocycles. The van der Waals surface area contributed by atoms with Crippen LogP contribution in [0.2, 0.25) is 0 Å². The fraction of sp³-hybridized carbons (Fsp3) is 0.254. The number of aryl methyl sites for hydroxylation is 2. The monoisotopic (exact) mass is 817 g/mol. The number of nitrogens with zero attached hydrogens (tertiary/aromatic N) is 2. The number of hydrogen-bond acceptors (Lipinski definition) is 2. The highest BCUT2D eigenvalue weighted by Crippen LogP contribution is 2.44. The summed E-state index contributed by atoms with van der Waals surface area (Å²) >= 11 is 0. The largest absolute Gasteiger partial charge is 0.457 e. The molecule has 7 aromatic rings. The molecule has 0 radical (unpaired) electrons. The Kier molecular flexibility index (Phi) is 14.5. The van der Waals surface area contributed by atoms with Crippen molar-refractivity contribution in [1.29, 1.82) is 0 Å². The second-order valence-corrected chi connectivity index (χ2v) is 17.1. The first-order valence-electron chi connectivity index (χ1n) is 22.8. The van der Waals surface area contributed by atoms with Gasteiger partial charge in [-0.1, -0.05) is 158 Å². The molecule has 1 saturated carbocycles. The number of benzene rings is 6. The number of hydrogen-bond donors (Lipinski definition) is 0. The van der Waals surface area contributed by atoms with E-state index in [0.717, 1.165) is 80.4 Å². The van der Waals surface area contributed by atoms with Crippen LogP contribution in [-0.2, 0) is 0 Å². The van der Waals surface area contributed by atoms with Crippen molar-refractivity contribution in [3.8, 4) is 17.2 Å². The van der Waals surface area contributed by atoms with Gasteiger partial charge in [0.15, 0.2) is 0 Å². The number of rotatable bonds is 15. The summed E-state index contributed by atoms with van der Waals surface area (Å²) in [5.74, 6) is 3.05. The molecule has 1 aromatic heterocycles. The molecule has 1 fully saturated rings. The van der Waals surface area contributed by atoms with Crippen LogP contribution in [0.3, 0.4) is 0 Å². The van der Waals surface area contributed by atoms with E-state index in [-0.39, 0.29) is 0 Å². The molecule has 0 saturated heterocycles. The molecule has 1 aliphatic carbocycles. The van der Waals surface area contributed by atoms with Crippen LogP contribution < -0.4 is 9.64 Å². The van der Waals surface area contributed by atoms with Crippen molar-refractivity contribution in [3.63, 3.8) is 0 Å². The number of unbranched alkanes of at least 4 members (excludes halogenated alkanes) is 1. The van der Waals surface area contributed by atoms with Gasteiger partial charge in [0.25, 0.3) is 0 Å². The lowest BCUT2D eigenvalue weighted by atomic mass is 9.78. The van der Waals surface area contributed by atoms with Gasteiger partial charge in [-0.2, -0.15) is 0 Å². The fourth-order valence-electron chi connectivity index (χ4n) is 8.72. The molecular weight excluding hydrogens is 753 g/mol. The zero-order valence-electron chi connectivity index (χ0n) is 37.8. The summed E-state index contributed by atoms with van der Waals surface area (Å²) in [6.07, 6.45) is 14.9. The van der Waals surface area contributed by atoms with E-state index in [0.29, 0.717) is 5.92 Å². The van der Waals surface area contributed by atoms with Crippen LogP contribution in [0.4, 0.5) is 11.4 Å². The molecule has 0 amide bonds. The van der Waals surface area contributed by atoms with Crippen LogP contribution in [0.25, 0.3) is 33.1 Å². The molecule has 8 rings (SSSR count). The van der Waals surface area contributed by atoms with Crippen molar-refractivity contribution in [2.75, 3.05) is 4.90 Å². The number of ether oxygens (including phenoxy) is 1. The number of aromatic nitrogens is 1. The van der Waals surface area contributed by atoms with E-state index in [1.165, 1.54) is 59.9 Å². The summed E-state index contributed by atoms with van der Waals surface area (Å²) in [7, 11) is 0. The van der Waals surface area contributed by atoms with Gasteiger partial charge in [-0.15, -0.1) is 0 Å². The quantitative estimate of drug-likeness (QED) is 0.0959. The van der Waals surface area contributed by atoms with Crippen molar-refractivity contribution in [1.82, 2.24) is 4.57 Å². The maximum atomic E-state index is 6.56. The second-order valence-electron chi connectivity index (χ2n) is 17.1. The Morgan fingerprint density at radius 3 is 1.97 bits per heavy atom. The Bertz CT molecular complexity index is 2670. The molecule has 1 aliphatic rings. The first-order chi connectivity index (χ1) is 30.3. The van der Waals surface area contributed by atoms with Gasteiger partial charge in [0, 0.05) is 33.5 Å².